The SMILES string of the molecule is COc1nc(CNC(=O)c2ccc(S(=O)(=O)N(C)C)cc2)nc(N2CCCCC2)n1. The first-order chi connectivity index (χ1) is 14.3. The van der Waals surface area contributed by atoms with E-state index >= 15 is 0 Å². The van der Waals surface area contributed by atoms with Crippen LogP contribution in [0.15, 0.2) is 29.2 Å². The molecule has 1 fully saturated rings. The van der Waals surface area contributed by atoms with Gasteiger partial charge in [-0.1, -0.05) is 0 Å². The summed E-state index contributed by atoms with van der Waals surface area (Å²) in [6.45, 7) is 1.85. The molecule has 0 radical (unpaired) electrons. The Kier molecular flexibility index (Phi) is 6.83. The number of carbonyl (C=O) groups is 1. The molecule has 1 saturated heterocycles. The molecule has 0 spiro atoms. The van der Waals surface area contributed by atoms with Gasteiger partial charge in [-0.25, -0.2) is 12.7 Å². The average Bonchev–Trinajstić information content (AvgIpc) is 2.77. The third kappa shape index (κ3) is 5.03. The predicted molar refractivity (Wildman–Crippen MR) is 111 cm³/mol. The molecular formula is C19H26N6O4S. The molecule has 11 heteroatoms. The van der Waals surface area contributed by atoms with E-state index in [9.17, 15) is 13.2 Å². The van der Waals surface area contributed by atoms with Crippen molar-refractivity contribution >= 4 is 21.9 Å². The van der Waals surface area contributed by atoms with Crippen molar-refractivity contribution < 1.29 is 17.9 Å². The van der Waals surface area contributed by atoms with Crippen molar-refractivity contribution in [2.75, 3.05) is 39.2 Å². The lowest BCUT2D eigenvalue weighted by atomic mass is 10.1. The number of nitrogens with one attached hydrogen (secondary N) is 1. The van der Waals surface area contributed by atoms with E-state index in [2.05, 4.69) is 25.2 Å². The van der Waals surface area contributed by atoms with Crippen molar-refractivity contribution in [1.82, 2.24) is 24.6 Å². The zero-order chi connectivity index (χ0) is 21.7. The first-order valence-corrected chi connectivity index (χ1v) is 11.1. The van der Waals surface area contributed by atoms with Crippen LogP contribution in [0, 0.1) is 0 Å². The molecule has 2 aromatic rings. The number of amides is 1. The molecule has 2 heterocycles. The standard InChI is InChI=1S/C19H26N6O4S/c1-24(2)30(27,28)15-9-7-14(8-10-15)17(26)20-13-16-21-18(23-19(22-16)29-3)25-11-5-4-6-12-25/h7-10H,4-6,11-13H2,1-3H3,(H,20,26). The second-order valence-corrected chi connectivity index (χ2v) is 9.23. The minimum atomic E-state index is -3.54. The van der Waals surface area contributed by atoms with Gasteiger partial charge in [0.2, 0.25) is 16.0 Å². The van der Waals surface area contributed by atoms with Crippen LogP contribution in [-0.2, 0) is 16.6 Å². The third-order valence-corrected chi connectivity index (χ3v) is 6.60. The van der Waals surface area contributed by atoms with Crippen molar-refractivity contribution in [2.24, 2.45) is 0 Å². The molecule has 0 aliphatic carbocycles. The largest absolute Gasteiger partial charge is 0.467 e. The molecule has 1 aliphatic rings. The zero-order valence-electron chi connectivity index (χ0n) is 17.3. The zero-order valence-corrected chi connectivity index (χ0v) is 18.1. The lowest BCUT2D eigenvalue weighted by Crippen LogP contribution is -2.32. The number of hydrogen-bond donors (Lipinski definition) is 1. The lowest BCUT2D eigenvalue weighted by Gasteiger charge is -2.26. The third-order valence-electron chi connectivity index (χ3n) is 4.77. The van der Waals surface area contributed by atoms with Crippen LogP contribution in [0.5, 0.6) is 6.01 Å². The minimum Gasteiger partial charge on any atom is -0.467 e. The van der Waals surface area contributed by atoms with Gasteiger partial charge in [0.25, 0.3) is 5.91 Å². The summed E-state index contributed by atoms with van der Waals surface area (Å²) in [6, 6.07) is 5.96. The maximum atomic E-state index is 12.5. The molecule has 0 atom stereocenters. The maximum Gasteiger partial charge on any atom is 0.321 e. The number of nitrogens with zero attached hydrogens (tertiary/aromatic N) is 5. The van der Waals surface area contributed by atoms with Crippen molar-refractivity contribution in [3.8, 4) is 6.01 Å². The van der Waals surface area contributed by atoms with Gasteiger partial charge in [-0.05, 0) is 43.5 Å². The molecule has 3 rings (SSSR count). The Hall–Kier alpha value is -2.79. The summed E-state index contributed by atoms with van der Waals surface area (Å²) in [5.41, 5.74) is 0.338. The number of ether oxygens (including phenoxy) is 1. The van der Waals surface area contributed by atoms with Crippen LogP contribution in [0.1, 0.15) is 35.4 Å². The molecule has 0 bridgehead atoms. The summed E-state index contributed by atoms with van der Waals surface area (Å²) in [5.74, 6) is 0.578. The van der Waals surface area contributed by atoms with Gasteiger partial charge in [-0.15, -0.1) is 0 Å². The van der Waals surface area contributed by atoms with Crippen LogP contribution in [-0.4, -0.2) is 67.9 Å². The van der Waals surface area contributed by atoms with Crippen LogP contribution in [0.25, 0.3) is 0 Å². The molecule has 10 nitrogen and oxygen atoms in total. The van der Waals surface area contributed by atoms with E-state index in [-0.39, 0.29) is 23.4 Å². The maximum absolute atomic E-state index is 12.5. The van der Waals surface area contributed by atoms with Crippen molar-refractivity contribution in [3.63, 3.8) is 0 Å². The molecular weight excluding hydrogens is 408 g/mol. The van der Waals surface area contributed by atoms with Crippen LogP contribution < -0.4 is 15.0 Å². The molecule has 0 unspecified atom stereocenters. The summed E-state index contributed by atoms with van der Waals surface area (Å²) >= 11 is 0. The Labute approximate surface area is 176 Å². The predicted octanol–water partition coefficient (Wildman–Crippen LogP) is 1.05. The Bertz CT molecular complexity index is 989. The van der Waals surface area contributed by atoms with E-state index in [4.69, 9.17) is 4.74 Å². The van der Waals surface area contributed by atoms with E-state index in [1.54, 1.807) is 0 Å². The monoisotopic (exact) mass is 434 g/mol. The van der Waals surface area contributed by atoms with Crippen molar-refractivity contribution in [1.29, 1.82) is 0 Å². The van der Waals surface area contributed by atoms with E-state index in [0.29, 0.717) is 17.3 Å². The summed E-state index contributed by atoms with van der Waals surface area (Å²) < 4.78 is 30.6. The minimum absolute atomic E-state index is 0.0936. The fraction of sp³-hybridized carbons (Fsp3) is 0.474. The summed E-state index contributed by atoms with van der Waals surface area (Å²) in [6.07, 6.45) is 3.36. The normalized spacial score (nSPS) is 14.6. The van der Waals surface area contributed by atoms with E-state index in [1.807, 2.05) is 0 Å². The molecule has 1 aromatic carbocycles. The van der Waals surface area contributed by atoms with E-state index in [0.717, 1.165) is 30.2 Å². The van der Waals surface area contributed by atoms with Crippen LogP contribution in [0.3, 0.4) is 0 Å². The number of carbonyl (C=O) groups excluding carboxylic acids is 1. The number of benzene rings is 1. The number of anilines is 1. The molecule has 30 heavy (non-hydrogen) atoms. The van der Waals surface area contributed by atoms with Gasteiger partial charge in [-0.3, -0.25) is 4.79 Å². The highest BCUT2D eigenvalue weighted by molar-refractivity contribution is 7.89. The summed E-state index contributed by atoms with van der Waals surface area (Å²) in [5, 5.41) is 2.75. The average molecular weight is 435 g/mol. The molecule has 1 amide bonds. The van der Waals surface area contributed by atoms with Gasteiger partial charge in [0.1, 0.15) is 0 Å². The first kappa shape index (κ1) is 21.9. The van der Waals surface area contributed by atoms with Gasteiger partial charge in [-0.2, -0.15) is 15.0 Å². The van der Waals surface area contributed by atoms with Gasteiger partial charge < -0.3 is 15.0 Å². The number of rotatable bonds is 7. The van der Waals surface area contributed by atoms with E-state index < -0.39 is 10.0 Å². The number of aromatic nitrogens is 3. The van der Waals surface area contributed by atoms with Crippen molar-refractivity contribution in [3.05, 3.63) is 35.7 Å². The lowest BCUT2D eigenvalue weighted by molar-refractivity contribution is 0.0949. The highest BCUT2D eigenvalue weighted by Crippen LogP contribution is 2.18. The second kappa shape index (κ2) is 9.35. The first-order valence-electron chi connectivity index (χ1n) is 9.66. The molecule has 1 aliphatic heterocycles. The topological polar surface area (TPSA) is 118 Å². The van der Waals surface area contributed by atoms with Gasteiger partial charge in [0.05, 0.1) is 18.6 Å². The number of hydrogen-bond acceptors (Lipinski definition) is 8. The van der Waals surface area contributed by atoms with Crippen LogP contribution >= 0.6 is 0 Å². The highest BCUT2D eigenvalue weighted by Gasteiger charge is 2.19. The summed E-state index contributed by atoms with van der Waals surface area (Å²) in [4.78, 5) is 27.7. The molecule has 162 valence electrons. The second-order valence-electron chi connectivity index (χ2n) is 7.08. The van der Waals surface area contributed by atoms with Gasteiger partial charge in [0.15, 0.2) is 5.82 Å². The molecule has 1 aromatic heterocycles. The number of methoxy groups -OCH3 is 1. The Morgan fingerprint density at radius 1 is 1.10 bits per heavy atom. The fourth-order valence-electron chi connectivity index (χ4n) is 3.04. The van der Waals surface area contributed by atoms with Gasteiger partial charge >= 0.3 is 6.01 Å². The van der Waals surface area contributed by atoms with E-state index in [1.165, 1.54) is 51.9 Å². The number of sulfonamides is 1. The highest BCUT2D eigenvalue weighted by atomic mass is 32.2. The number of piperidine rings is 1. The Morgan fingerprint density at radius 2 is 1.77 bits per heavy atom. The Balaban J connectivity index is 1.69. The van der Waals surface area contributed by atoms with Gasteiger partial charge in [0, 0.05) is 32.7 Å². The fourth-order valence-corrected chi connectivity index (χ4v) is 3.94. The van der Waals surface area contributed by atoms with Crippen LogP contribution in [0.4, 0.5) is 5.95 Å². The molecule has 1 N–H and O–H groups in total. The smallest absolute Gasteiger partial charge is 0.321 e. The Morgan fingerprint density at radius 3 is 2.37 bits per heavy atom. The quantitative estimate of drug-likeness (QED) is 0.687. The van der Waals surface area contributed by atoms with Crippen molar-refractivity contribution in [2.45, 2.75) is 30.7 Å². The summed E-state index contributed by atoms with van der Waals surface area (Å²) in [7, 11) is 0.856. The van der Waals surface area contributed by atoms with Crippen LogP contribution in [0.2, 0.25) is 0 Å². The molecule has 0 saturated carbocycles.